The summed E-state index contributed by atoms with van der Waals surface area (Å²) in [7, 11) is 4.84. The van der Waals surface area contributed by atoms with E-state index in [4.69, 9.17) is 14.2 Å². The summed E-state index contributed by atoms with van der Waals surface area (Å²) in [4.78, 5) is 12.5. The van der Waals surface area contributed by atoms with E-state index in [1.54, 1.807) is 27.5 Å². The van der Waals surface area contributed by atoms with Gasteiger partial charge in [-0.3, -0.25) is 9.36 Å². The first kappa shape index (κ1) is 26.2. The summed E-state index contributed by atoms with van der Waals surface area (Å²) in [5.74, 6) is 2.65. The number of benzene rings is 3. The van der Waals surface area contributed by atoms with Gasteiger partial charge in [0.05, 0.1) is 37.8 Å². The van der Waals surface area contributed by atoms with Crippen LogP contribution in [0.1, 0.15) is 5.56 Å². The van der Waals surface area contributed by atoms with Crippen LogP contribution in [-0.4, -0.2) is 54.0 Å². The number of methoxy groups -OCH3 is 3. The molecule has 11 heteroatoms. The van der Waals surface area contributed by atoms with Gasteiger partial charge in [-0.25, -0.2) is 5.43 Å². The lowest BCUT2D eigenvalue weighted by molar-refractivity contribution is -0.118. The number of hydrogen-bond acceptors (Lipinski definition) is 8. The van der Waals surface area contributed by atoms with Crippen molar-refractivity contribution in [2.24, 2.45) is 5.10 Å². The van der Waals surface area contributed by atoms with Gasteiger partial charge in [0.1, 0.15) is 17.2 Å². The predicted octanol–water partition coefficient (Wildman–Crippen LogP) is 4.97. The molecule has 190 valence electrons. The van der Waals surface area contributed by atoms with Gasteiger partial charge in [0, 0.05) is 11.3 Å². The zero-order valence-electron chi connectivity index (χ0n) is 20.3. The average Bonchev–Trinajstić information content (AvgIpc) is 3.36. The topological polar surface area (TPSA) is 99.9 Å². The van der Waals surface area contributed by atoms with Gasteiger partial charge in [0.15, 0.2) is 11.0 Å². The van der Waals surface area contributed by atoms with Gasteiger partial charge in [0.25, 0.3) is 5.91 Å². The van der Waals surface area contributed by atoms with Crippen molar-refractivity contribution in [3.63, 3.8) is 0 Å². The molecule has 1 aromatic heterocycles. The second kappa shape index (κ2) is 12.4. The molecule has 9 nitrogen and oxygen atoms in total. The van der Waals surface area contributed by atoms with Crippen LogP contribution in [0.5, 0.6) is 17.2 Å². The van der Waals surface area contributed by atoms with E-state index in [2.05, 4.69) is 36.7 Å². The molecule has 0 fully saturated rings. The first-order valence-electron chi connectivity index (χ1n) is 11.0. The molecule has 1 heterocycles. The normalized spacial score (nSPS) is 10.9. The molecule has 0 bridgehead atoms. The van der Waals surface area contributed by atoms with Gasteiger partial charge in [0.2, 0.25) is 0 Å². The molecule has 3 aromatic carbocycles. The van der Waals surface area contributed by atoms with Crippen LogP contribution in [0.15, 0.2) is 81.5 Å². The summed E-state index contributed by atoms with van der Waals surface area (Å²) >= 11 is 4.69. The van der Waals surface area contributed by atoms with E-state index in [-0.39, 0.29) is 11.7 Å². The third kappa shape index (κ3) is 6.49. The Morgan fingerprint density at radius 1 is 0.973 bits per heavy atom. The number of nitrogens with zero attached hydrogens (tertiary/aromatic N) is 4. The highest BCUT2D eigenvalue weighted by Gasteiger charge is 2.17. The van der Waals surface area contributed by atoms with E-state index < -0.39 is 0 Å². The van der Waals surface area contributed by atoms with E-state index in [9.17, 15) is 4.79 Å². The Morgan fingerprint density at radius 3 is 2.27 bits per heavy atom. The number of aromatic nitrogens is 3. The van der Waals surface area contributed by atoms with Gasteiger partial charge in [-0.2, -0.15) is 5.10 Å². The molecule has 0 radical (unpaired) electrons. The van der Waals surface area contributed by atoms with Crippen molar-refractivity contribution in [3.8, 4) is 34.3 Å². The van der Waals surface area contributed by atoms with Crippen LogP contribution < -0.4 is 19.6 Å². The van der Waals surface area contributed by atoms with Crippen molar-refractivity contribution < 1.29 is 19.0 Å². The molecule has 0 unspecified atom stereocenters. The van der Waals surface area contributed by atoms with E-state index in [1.807, 2.05) is 71.3 Å². The highest BCUT2D eigenvalue weighted by Crippen LogP contribution is 2.30. The molecule has 0 aliphatic heterocycles. The summed E-state index contributed by atoms with van der Waals surface area (Å²) in [6.45, 7) is 0. The Kier molecular flexibility index (Phi) is 8.81. The van der Waals surface area contributed by atoms with Crippen LogP contribution in [0.25, 0.3) is 17.1 Å². The fraction of sp³-hybridized carbons (Fsp3) is 0.154. The van der Waals surface area contributed by atoms with Crippen molar-refractivity contribution >= 4 is 39.8 Å². The predicted molar refractivity (Wildman–Crippen MR) is 147 cm³/mol. The molecule has 0 saturated heterocycles. The second-order valence-corrected chi connectivity index (χ2v) is 9.34. The minimum absolute atomic E-state index is 0.0978. The van der Waals surface area contributed by atoms with Crippen LogP contribution in [-0.2, 0) is 4.79 Å². The Labute approximate surface area is 227 Å². The molecule has 4 aromatic rings. The average molecular weight is 582 g/mol. The molecule has 0 spiro atoms. The van der Waals surface area contributed by atoms with Crippen molar-refractivity contribution in [2.75, 3.05) is 27.1 Å². The zero-order chi connectivity index (χ0) is 26.2. The summed E-state index contributed by atoms with van der Waals surface area (Å²) in [5, 5.41) is 13.4. The SMILES string of the molecule is COc1ccc(-c2nnc(SCC(=O)NN=Cc3ccc(OC)c(Br)c3)n2-c2ccc(OC)cc2)cc1. The number of ether oxygens (including phenoxy) is 3. The quantitative estimate of drug-likeness (QED) is 0.160. The fourth-order valence-electron chi connectivity index (χ4n) is 3.36. The minimum atomic E-state index is -0.274. The molecule has 1 amide bonds. The molecule has 4 rings (SSSR count). The largest absolute Gasteiger partial charge is 0.497 e. The fourth-order valence-corrected chi connectivity index (χ4v) is 4.66. The maximum Gasteiger partial charge on any atom is 0.250 e. The maximum absolute atomic E-state index is 12.5. The van der Waals surface area contributed by atoms with Crippen molar-refractivity contribution in [1.82, 2.24) is 20.2 Å². The molecular weight excluding hydrogens is 558 g/mol. The van der Waals surface area contributed by atoms with Crippen LogP contribution in [0.2, 0.25) is 0 Å². The number of carbonyl (C=O) groups is 1. The zero-order valence-corrected chi connectivity index (χ0v) is 22.7. The number of carbonyl (C=O) groups excluding carboxylic acids is 1. The van der Waals surface area contributed by atoms with E-state index in [0.29, 0.717) is 16.7 Å². The second-order valence-electron chi connectivity index (χ2n) is 7.54. The van der Waals surface area contributed by atoms with E-state index in [0.717, 1.165) is 32.8 Å². The minimum Gasteiger partial charge on any atom is -0.497 e. The molecule has 0 saturated carbocycles. The van der Waals surface area contributed by atoms with Crippen LogP contribution in [0, 0.1) is 0 Å². The monoisotopic (exact) mass is 581 g/mol. The lowest BCUT2D eigenvalue weighted by Gasteiger charge is -2.11. The van der Waals surface area contributed by atoms with E-state index >= 15 is 0 Å². The third-order valence-electron chi connectivity index (χ3n) is 5.22. The van der Waals surface area contributed by atoms with Crippen LogP contribution >= 0.6 is 27.7 Å². The van der Waals surface area contributed by atoms with E-state index in [1.165, 1.54) is 11.8 Å². The van der Waals surface area contributed by atoms with Crippen molar-refractivity contribution in [2.45, 2.75) is 5.16 Å². The number of amides is 1. The van der Waals surface area contributed by atoms with Gasteiger partial charge in [-0.05, 0) is 88.2 Å². The van der Waals surface area contributed by atoms with Crippen molar-refractivity contribution in [1.29, 1.82) is 0 Å². The molecule has 0 aliphatic carbocycles. The van der Waals surface area contributed by atoms with Crippen LogP contribution in [0.4, 0.5) is 0 Å². The molecule has 0 atom stereocenters. The molecular formula is C26H24BrN5O4S. The highest BCUT2D eigenvalue weighted by atomic mass is 79.9. The summed E-state index contributed by atoms with van der Waals surface area (Å²) in [6, 6.07) is 20.6. The summed E-state index contributed by atoms with van der Waals surface area (Å²) in [5.41, 5.74) is 5.05. The van der Waals surface area contributed by atoms with Gasteiger partial charge >= 0.3 is 0 Å². The number of hydrazone groups is 1. The standard InChI is InChI=1S/C26H24BrN5O4S/c1-34-20-9-5-18(6-10-20)25-30-31-26(32(25)19-7-11-21(35-2)12-8-19)37-16-24(33)29-28-15-17-4-13-23(36-3)22(27)14-17/h4-15H,16H2,1-3H3,(H,29,33). The number of rotatable bonds is 10. The van der Waals surface area contributed by atoms with Crippen LogP contribution in [0.3, 0.4) is 0 Å². The molecule has 37 heavy (non-hydrogen) atoms. The lowest BCUT2D eigenvalue weighted by Crippen LogP contribution is -2.20. The Hall–Kier alpha value is -3.83. The lowest BCUT2D eigenvalue weighted by atomic mass is 10.2. The summed E-state index contributed by atoms with van der Waals surface area (Å²) < 4.78 is 18.5. The Balaban J connectivity index is 1.50. The highest BCUT2D eigenvalue weighted by molar-refractivity contribution is 9.10. The summed E-state index contributed by atoms with van der Waals surface area (Å²) in [6.07, 6.45) is 1.56. The first-order chi connectivity index (χ1) is 18.0. The first-order valence-corrected chi connectivity index (χ1v) is 12.8. The van der Waals surface area contributed by atoms with Gasteiger partial charge in [-0.15, -0.1) is 10.2 Å². The van der Waals surface area contributed by atoms with Crippen molar-refractivity contribution in [3.05, 3.63) is 76.8 Å². The number of halogens is 1. The number of thioether (sulfide) groups is 1. The maximum atomic E-state index is 12.5. The third-order valence-corrected chi connectivity index (χ3v) is 6.77. The smallest absolute Gasteiger partial charge is 0.250 e. The van der Waals surface area contributed by atoms with Gasteiger partial charge < -0.3 is 14.2 Å². The Morgan fingerprint density at radius 2 is 1.65 bits per heavy atom. The Bertz CT molecular complexity index is 1390. The molecule has 0 aliphatic rings. The molecule has 1 N–H and O–H groups in total. The number of hydrogen-bond donors (Lipinski definition) is 1. The van der Waals surface area contributed by atoms with Gasteiger partial charge in [-0.1, -0.05) is 11.8 Å². The number of nitrogens with one attached hydrogen (secondary N) is 1.